The second-order valence-electron chi connectivity index (χ2n) is 7.37. The Bertz CT molecular complexity index is 822. The molecule has 3 rings (SSSR count). The van der Waals surface area contributed by atoms with Crippen molar-refractivity contribution < 1.29 is 4.74 Å². The molecule has 0 spiro atoms. The molecule has 0 aliphatic rings. The van der Waals surface area contributed by atoms with Crippen LogP contribution in [0, 0.1) is 0 Å². The Balaban J connectivity index is 1.58. The van der Waals surface area contributed by atoms with Gasteiger partial charge in [-0.05, 0) is 40.8 Å². The zero-order chi connectivity index (χ0) is 18.4. The first-order valence-corrected chi connectivity index (χ1v) is 9.36. The third-order valence-corrected chi connectivity index (χ3v) is 4.85. The molecule has 26 heavy (non-hydrogen) atoms. The summed E-state index contributed by atoms with van der Waals surface area (Å²) in [6, 6.07) is 27.2. The molecule has 3 aromatic rings. The maximum Gasteiger partial charge on any atom is 0.0717 e. The zero-order valence-electron chi connectivity index (χ0n) is 15.4. The van der Waals surface area contributed by atoms with Gasteiger partial charge in [-0.1, -0.05) is 92.2 Å². The van der Waals surface area contributed by atoms with Crippen LogP contribution in [-0.4, -0.2) is 6.61 Å². The van der Waals surface area contributed by atoms with Crippen molar-refractivity contribution in [2.75, 3.05) is 6.61 Å². The molecule has 0 atom stereocenters. The van der Waals surface area contributed by atoms with E-state index in [9.17, 15) is 0 Å². The van der Waals surface area contributed by atoms with Crippen LogP contribution in [0.4, 0.5) is 0 Å². The van der Waals surface area contributed by atoms with E-state index in [0.717, 1.165) is 11.4 Å². The van der Waals surface area contributed by atoms with Crippen LogP contribution >= 0.6 is 11.6 Å². The van der Waals surface area contributed by atoms with Crippen LogP contribution in [0.2, 0.25) is 5.02 Å². The van der Waals surface area contributed by atoms with E-state index in [4.69, 9.17) is 16.3 Å². The minimum atomic E-state index is -0.0494. The van der Waals surface area contributed by atoms with Gasteiger partial charge in [-0.2, -0.15) is 0 Å². The number of benzene rings is 3. The smallest absolute Gasteiger partial charge is 0.0717 e. The van der Waals surface area contributed by atoms with Crippen LogP contribution in [0.3, 0.4) is 0 Å². The van der Waals surface area contributed by atoms with Gasteiger partial charge in [-0.15, -0.1) is 0 Å². The van der Waals surface area contributed by atoms with Gasteiger partial charge in [0.25, 0.3) is 0 Å². The van der Waals surface area contributed by atoms with Gasteiger partial charge in [0.05, 0.1) is 13.2 Å². The molecule has 0 bridgehead atoms. The van der Waals surface area contributed by atoms with Gasteiger partial charge in [-0.3, -0.25) is 0 Å². The quantitative estimate of drug-likeness (QED) is 0.469. The van der Waals surface area contributed by atoms with Gasteiger partial charge in [0, 0.05) is 10.4 Å². The normalized spacial score (nSPS) is 11.5. The van der Waals surface area contributed by atoms with E-state index in [1.807, 2.05) is 12.1 Å². The Hall–Kier alpha value is -2.09. The molecule has 0 saturated heterocycles. The minimum Gasteiger partial charge on any atom is -0.376 e. The Morgan fingerprint density at radius 2 is 1.42 bits per heavy atom. The zero-order valence-corrected chi connectivity index (χ0v) is 16.2. The summed E-state index contributed by atoms with van der Waals surface area (Å²) in [5.41, 5.74) is 5.04. The Labute approximate surface area is 161 Å². The van der Waals surface area contributed by atoms with E-state index in [1.54, 1.807) is 0 Å². The Morgan fingerprint density at radius 3 is 2.15 bits per heavy atom. The van der Waals surface area contributed by atoms with Crippen molar-refractivity contribution >= 4 is 11.6 Å². The lowest BCUT2D eigenvalue weighted by atomic mass is 9.86. The Kier molecular flexibility index (Phi) is 6.13. The van der Waals surface area contributed by atoms with Crippen LogP contribution < -0.4 is 0 Å². The lowest BCUT2D eigenvalue weighted by Gasteiger charge is -2.25. The van der Waals surface area contributed by atoms with E-state index < -0.39 is 0 Å². The van der Waals surface area contributed by atoms with Gasteiger partial charge >= 0.3 is 0 Å². The standard InChI is InChI=1S/C24H25ClO/c1-24(2,22-11-13-23(25)14-12-22)18-26-17-21-10-6-9-20(16-21)15-19-7-4-3-5-8-19/h3-14,16H,15,17-18H2,1-2H3. The fourth-order valence-electron chi connectivity index (χ4n) is 3.07. The molecule has 0 aromatic heterocycles. The van der Waals surface area contributed by atoms with Crippen molar-refractivity contribution in [2.24, 2.45) is 0 Å². The van der Waals surface area contributed by atoms with Crippen molar-refractivity contribution in [1.29, 1.82) is 0 Å². The molecule has 1 nitrogen and oxygen atoms in total. The second kappa shape index (κ2) is 8.53. The van der Waals surface area contributed by atoms with Crippen LogP contribution in [0.25, 0.3) is 0 Å². The maximum atomic E-state index is 6.04. The first-order chi connectivity index (χ1) is 12.5. The van der Waals surface area contributed by atoms with E-state index >= 15 is 0 Å². The highest BCUT2D eigenvalue weighted by Crippen LogP contribution is 2.25. The topological polar surface area (TPSA) is 9.23 Å². The molecule has 3 aromatic carbocycles. The largest absolute Gasteiger partial charge is 0.376 e. The summed E-state index contributed by atoms with van der Waals surface area (Å²) < 4.78 is 6.04. The molecule has 0 N–H and O–H groups in total. The predicted molar refractivity (Wildman–Crippen MR) is 110 cm³/mol. The number of hydrogen-bond donors (Lipinski definition) is 0. The SMILES string of the molecule is CC(C)(COCc1cccc(Cc2ccccc2)c1)c1ccc(Cl)cc1. The van der Waals surface area contributed by atoms with E-state index in [1.165, 1.54) is 22.3 Å². The van der Waals surface area contributed by atoms with Crippen LogP contribution in [0.1, 0.15) is 36.1 Å². The van der Waals surface area contributed by atoms with Crippen LogP contribution in [-0.2, 0) is 23.2 Å². The highest BCUT2D eigenvalue weighted by Gasteiger charge is 2.20. The van der Waals surface area contributed by atoms with Crippen LogP contribution in [0.15, 0.2) is 78.9 Å². The van der Waals surface area contributed by atoms with Crippen molar-refractivity contribution in [1.82, 2.24) is 0 Å². The van der Waals surface area contributed by atoms with Gasteiger partial charge in [0.2, 0.25) is 0 Å². The average molecular weight is 365 g/mol. The summed E-state index contributed by atoms with van der Waals surface area (Å²) in [5.74, 6) is 0. The number of rotatable bonds is 7. The highest BCUT2D eigenvalue weighted by molar-refractivity contribution is 6.30. The van der Waals surface area contributed by atoms with Gasteiger partial charge < -0.3 is 4.74 Å². The molecule has 0 aliphatic carbocycles. The molecule has 134 valence electrons. The number of ether oxygens (including phenoxy) is 1. The van der Waals surface area contributed by atoms with Crippen molar-refractivity contribution in [3.05, 3.63) is 106 Å². The monoisotopic (exact) mass is 364 g/mol. The minimum absolute atomic E-state index is 0.0494. The molecule has 0 heterocycles. The van der Waals surface area contributed by atoms with Crippen LogP contribution in [0.5, 0.6) is 0 Å². The average Bonchev–Trinajstić information content (AvgIpc) is 2.63. The van der Waals surface area contributed by atoms with Crippen molar-refractivity contribution in [2.45, 2.75) is 32.3 Å². The molecular formula is C24H25ClO. The second-order valence-corrected chi connectivity index (χ2v) is 7.80. The van der Waals surface area contributed by atoms with Gasteiger partial charge in [-0.25, -0.2) is 0 Å². The molecule has 0 radical (unpaired) electrons. The summed E-state index contributed by atoms with van der Waals surface area (Å²) >= 11 is 5.99. The molecule has 0 saturated carbocycles. The van der Waals surface area contributed by atoms with Crippen molar-refractivity contribution in [3.8, 4) is 0 Å². The van der Waals surface area contributed by atoms with Crippen molar-refractivity contribution in [3.63, 3.8) is 0 Å². The number of halogens is 1. The predicted octanol–water partition coefficient (Wildman–Crippen LogP) is 6.43. The molecule has 0 fully saturated rings. The van der Waals surface area contributed by atoms with E-state index in [2.05, 4.69) is 80.6 Å². The molecule has 0 amide bonds. The third kappa shape index (κ3) is 5.20. The third-order valence-electron chi connectivity index (χ3n) is 4.60. The lowest BCUT2D eigenvalue weighted by molar-refractivity contribution is 0.0824. The molecule has 0 unspecified atom stereocenters. The summed E-state index contributed by atoms with van der Waals surface area (Å²) in [7, 11) is 0. The maximum absolute atomic E-state index is 6.04. The summed E-state index contributed by atoms with van der Waals surface area (Å²) in [5, 5.41) is 0.765. The first-order valence-electron chi connectivity index (χ1n) is 8.98. The molecule has 0 aliphatic heterocycles. The Morgan fingerprint density at radius 1 is 0.769 bits per heavy atom. The lowest BCUT2D eigenvalue weighted by Crippen LogP contribution is -2.24. The molecular weight excluding hydrogens is 340 g/mol. The van der Waals surface area contributed by atoms with E-state index in [-0.39, 0.29) is 5.41 Å². The summed E-state index contributed by atoms with van der Waals surface area (Å²) in [6.07, 6.45) is 0.949. The van der Waals surface area contributed by atoms with Gasteiger partial charge in [0.1, 0.15) is 0 Å². The first kappa shape index (κ1) is 18.7. The fraction of sp³-hybridized carbons (Fsp3) is 0.250. The summed E-state index contributed by atoms with van der Waals surface area (Å²) in [4.78, 5) is 0. The molecule has 2 heteroatoms. The number of hydrogen-bond acceptors (Lipinski definition) is 1. The van der Waals surface area contributed by atoms with Gasteiger partial charge in [0.15, 0.2) is 0 Å². The fourth-order valence-corrected chi connectivity index (χ4v) is 3.20. The highest BCUT2D eigenvalue weighted by atomic mass is 35.5. The summed E-state index contributed by atoms with van der Waals surface area (Å²) in [6.45, 7) is 5.68. The van der Waals surface area contributed by atoms with E-state index in [0.29, 0.717) is 13.2 Å².